The average molecular weight is 945 g/mol. The Morgan fingerprint density at radius 3 is 1.63 bits per heavy atom. The van der Waals surface area contributed by atoms with Gasteiger partial charge in [-0.3, -0.25) is 43.2 Å². The number of carbonyl (C=O) groups excluding carboxylic acids is 5. The van der Waals surface area contributed by atoms with E-state index in [-0.39, 0.29) is 61.6 Å². The highest BCUT2D eigenvalue weighted by Gasteiger charge is 2.30. The Kier molecular flexibility index (Phi) is 23.8. The third-order valence-electron chi connectivity index (χ3n) is 8.23. The maximum atomic E-state index is 14.1. The fourth-order valence-corrected chi connectivity index (χ4v) is 8.21. The minimum atomic E-state index is -1.36. The minimum absolute atomic E-state index is 0.190. The van der Waals surface area contributed by atoms with E-state index in [1.165, 1.54) is 36.0 Å². The summed E-state index contributed by atoms with van der Waals surface area (Å²) in [7, 11) is 0. The van der Waals surface area contributed by atoms with Crippen molar-refractivity contribution in [3.8, 4) is 0 Å². The molecule has 0 aliphatic heterocycles. The summed E-state index contributed by atoms with van der Waals surface area (Å²) in [4.78, 5) is 128. The molecule has 6 atom stereocenters. The number of carbonyl (C=O) groups is 9. The Labute approximate surface area is 371 Å². The van der Waals surface area contributed by atoms with Crippen LogP contribution in [0.25, 0.3) is 0 Å². The first kappa shape index (κ1) is 53.0. The van der Waals surface area contributed by atoms with E-state index in [9.17, 15) is 43.2 Å². The van der Waals surface area contributed by atoms with Crippen LogP contribution in [0.2, 0.25) is 0 Å². The van der Waals surface area contributed by atoms with Crippen molar-refractivity contribution in [2.45, 2.75) is 83.2 Å². The van der Waals surface area contributed by atoms with E-state index in [2.05, 4.69) is 41.2 Å². The summed E-state index contributed by atoms with van der Waals surface area (Å²) in [6.45, 7) is -1.54. The Hall–Kier alpha value is -5.09. The van der Waals surface area contributed by atoms with E-state index >= 15 is 0 Å². The molecule has 0 radical (unpaired) electrons. The van der Waals surface area contributed by atoms with Gasteiger partial charge >= 0.3 is 23.9 Å². The zero-order valence-electron chi connectivity index (χ0n) is 33.4. The number of hydrogen-bond donors (Lipinski definition) is 10. The van der Waals surface area contributed by atoms with Crippen LogP contribution in [0, 0.1) is 0 Å². The molecule has 62 heavy (non-hydrogen) atoms. The molecule has 0 aliphatic carbocycles. The van der Waals surface area contributed by atoms with Gasteiger partial charge in [0, 0.05) is 43.4 Å². The number of nitrogens with one attached hydrogen (secondary N) is 4. The number of aromatic nitrogens is 4. The maximum Gasteiger partial charge on any atom is 0.322 e. The van der Waals surface area contributed by atoms with Gasteiger partial charge in [-0.2, -0.15) is 0 Å². The molecule has 2 heterocycles. The van der Waals surface area contributed by atoms with E-state index in [0.29, 0.717) is 15.7 Å². The van der Waals surface area contributed by atoms with Gasteiger partial charge in [0.2, 0.25) is 23.6 Å². The van der Waals surface area contributed by atoms with Crippen LogP contribution < -0.4 is 32.7 Å². The van der Waals surface area contributed by atoms with Gasteiger partial charge in [0.25, 0.3) is 0 Å². The Balaban J connectivity index is 2.43. The van der Waals surface area contributed by atoms with E-state index in [1.54, 1.807) is 24.6 Å². The van der Waals surface area contributed by atoms with Crippen LogP contribution in [-0.4, -0.2) is 155 Å². The molecule has 23 nitrogen and oxygen atoms in total. The number of ketones is 1. The third-order valence-corrected chi connectivity index (χ3v) is 12.2. The second-order valence-corrected chi connectivity index (χ2v) is 17.1. The Bertz CT molecular complexity index is 1790. The molecule has 0 saturated carbocycles. The lowest BCUT2D eigenvalue weighted by Gasteiger charge is -2.23. The lowest BCUT2D eigenvalue weighted by Crippen LogP contribution is -2.49. The normalized spacial score (nSPS) is 13.9. The average Bonchev–Trinajstić information content (AvgIpc) is 3.24. The Morgan fingerprint density at radius 2 is 1.16 bits per heavy atom. The van der Waals surface area contributed by atoms with Gasteiger partial charge < -0.3 is 53.2 Å². The molecular weight excluding hydrogens is 897 g/mol. The standard InChI is InChI=1S/C35H48N10O13S4/c1-59-27-7-8-38-31(45-27)24(62-15-22(33(54)40-13-30(51)52)44-26(48)6-4-19(37)35(57)58)10-17(46)9-23(20-11-28(60-2)42-16-41-20)61-14-21(32(53)39-12-29(49)50)43-25(47)5-3-18(36)34(55)56/h7-8,11,16,18-19,21-24H,3-6,9-10,12-15,36-37H2,1-2H3,(H,39,53)(H,40,54)(H,43,47)(H,44,48)(H,49,50)(H,51,52)(H,55,56)(H,57,58)/t18-,19+,21?,22-,23?,24?/m0/s1. The molecule has 4 amide bonds. The third kappa shape index (κ3) is 20.2. The van der Waals surface area contributed by atoms with Gasteiger partial charge in [-0.05, 0) is 37.5 Å². The molecule has 0 spiro atoms. The zero-order valence-corrected chi connectivity index (χ0v) is 36.7. The second kappa shape index (κ2) is 27.8. The summed E-state index contributed by atoms with van der Waals surface area (Å²) in [5.41, 5.74) is 11.4. The lowest BCUT2D eigenvalue weighted by atomic mass is 10.1. The van der Waals surface area contributed by atoms with Crippen LogP contribution in [0.4, 0.5) is 0 Å². The summed E-state index contributed by atoms with van der Waals surface area (Å²) in [6, 6.07) is -2.14. The number of aliphatic carboxylic acids is 4. The van der Waals surface area contributed by atoms with E-state index in [1.807, 2.05) is 0 Å². The number of hydrogen-bond acceptors (Lipinski definition) is 19. The molecule has 27 heteroatoms. The predicted octanol–water partition coefficient (Wildman–Crippen LogP) is -0.936. The number of amides is 4. The predicted molar refractivity (Wildman–Crippen MR) is 227 cm³/mol. The number of carboxylic acid groups (broad SMARTS) is 4. The molecular formula is C35H48N10O13S4. The van der Waals surface area contributed by atoms with Crippen molar-refractivity contribution in [3.05, 3.63) is 36.2 Å². The summed E-state index contributed by atoms with van der Waals surface area (Å²) < 4.78 is 0. The first-order valence-corrected chi connectivity index (χ1v) is 22.9. The van der Waals surface area contributed by atoms with Crippen molar-refractivity contribution in [2.24, 2.45) is 11.5 Å². The van der Waals surface area contributed by atoms with Crippen LogP contribution in [0.1, 0.15) is 60.5 Å². The van der Waals surface area contributed by atoms with E-state index in [0.717, 1.165) is 23.5 Å². The molecule has 0 fully saturated rings. The lowest BCUT2D eigenvalue weighted by molar-refractivity contribution is -0.140. The fourth-order valence-electron chi connectivity index (χ4n) is 4.95. The summed E-state index contributed by atoms with van der Waals surface area (Å²) in [5, 5.41) is 45.2. The molecule has 0 bridgehead atoms. The zero-order chi connectivity index (χ0) is 46.4. The summed E-state index contributed by atoms with van der Waals surface area (Å²) >= 11 is 4.63. The molecule has 0 aliphatic rings. The number of carboxylic acids is 4. The van der Waals surface area contributed by atoms with Crippen LogP contribution in [0.3, 0.4) is 0 Å². The molecule has 2 aromatic rings. The second-order valence-electron chi connectivity index (χ2n) is 13.0. The van der Waals surface area contributed by atoms with Gasteiger partial charge in [0.1, 0.15) is 55.2 Å². The van der Waals surface area contributed by atoms with Crippen LogP contribution in [-0.2, 0) is 43.2 Å². The highest BCUT2D eigenvalue weighted by molar-refractivity contribution is 8.00. The molecule has 0 aromatic carbocycles. The summed E-state index contributed by atoms with van der Waals surface area (Å²) in [6.07, 6.45) is 4.55. The number of Topliss-reactive ketones (excluding diaryl/α,β-unsaturated/α-hetero) is 1. The van der Waals surface area contributed by atoms with Crippen molar-refractivity contribution >= 4 is 100 Å². The van der Waals surface area contributed by atoms with E-state index in [4.69, 9.17) is 31.9 Å². The first-order chi connectivity index (χ1) is 29.3. The molecule has 12 N–H and O–H groups in total. The highest BCUT2D eigenvalue weighted by Crippen LogP contribution is 2.37. The molecule has 0 saturated heterocycles. The van der Waals surface area contributed by atoms with Gasteiger partial charge in [-0.1, -0.05) is 0 Å². The highest BCUT2D eigenvalue weighted by atomic mass is 32.2. The number of nitrogens with two attached hydrogens (primary N) is 2. The van der Waals surface area contributed by atoms with Crippen LogP contribution in [0.5, 0.6) is 0 Å². The quantitative estimate of drug-likeness (QED) is 0.0334. The smallest absolute Gasteiger partial charge is 0.322 e. The molecule has 340 valence electrons. The monoisotopic (exact) mass is 944 g/mol. The van der Waals surface area contributed by atoms with Crippen LogP contribution >= 0.6 is 47.0 Å². The van der Waals surface area contributed by atoms with Gasteiger partial charge in [-0.25, -0.2) is 19.9 Å². The maximum absolute atomic E-state index is 14.1. The van der Waals surface area contributed by atoms with Gasteiger partial charge in [0.05, 0.1) is 26.2 Å². The van der Waals surface area contributed by atoms with E-state index < -0.39 is 95.3 Å². The van der Waals surface area contributed by atoms with Gasteiger partial charge in [-0.15, -0.1) is 47.0 Å². The fraction of sp³-hybridized carbons (Fsp3) is 0.514. The summed E-state index contributed by atoms with van der Waals surface area (Å²) in [5.74, 6) is -9.23. The number of thioether (sulfide) groups is 4. The molecule has 2 aromatic heterocycles. The van der Waals surface area contributed by atoms with Crippen molar-refractivity contribution < 1.29 is 63.6 Å². The SMILES string of the molecule is CSc1cc(C(CC(=O)CC(SC[C@H](NC(=O)CC[C@@H](N)C(=O)O)C(=O)NCC(=O)O)c2nccc(SC)n2)SCC(NC(=O)CC[C@H](N)C(=O)O)C(=O)NCC(=O)O)ncn1. The topological polar surface area (TPSA) is 386 Å². The van der Waals surface area contributed by atoms with Crippen LogP contribution in [0.15, 0.2) is 34.7 Å². The largest absolute Gasteiger partial charge is 0.480 e. The number of rotatable bonds is 30. The molecule has 3 unspecified atom stereocenters. The number of nitrogens with zero attached hydrogens (tertiary/aromatic N) is 4. The molecule has 2 rings (SSSR count). The van der Waals surface area contributed by atoms with Crippen molar-refractivity contribution in [1.29, 1.82) is 0 Å². The first-order valence-electron chi connectivity index (χ1n) is 18.4. The van der Waals surface area contributed by atoms with Gasteiger partial charge in [0.15, 0.2) is 0 Å². The van der Waals surface area contributed by atoms with Crippen molar-refractivity contribution in [1.82, 2.24) is 41.2 Å². The van der Waals surface area contributed by atoms with Crippen molar-refractivity contribution in [3.63, 3.8) is 0 Å². The minimum Gasteiger partial charge on any atom is -0.480 e. The Morgan fingerprint density at radius 1 is 0.677 bits per heavy atom. The van der Waals surface area contributed by atoms with Crippen molar-refractivity contribution in [2.75, 3.05) is 37.1 Å².